The molecule has 3 heterocycles. The van der Waals surface area contributed by atoms with Crippen LogP contribution in [0.25, 0.3) is 10.8 Å². The number of phenols is 1. The lowest BCUT2D eigenvalue weighted by Gasteiger charge is -2.49. The molecule has 0 aromatic heterocycles. The lowest BCUT2D eigenvalue weighted by molar-refractivity contribution is -0.308. The maximum atomic E-state index is 12.2. The highest BCUT2D eigenvalue weighted by Gasteiger charge is 2.56. The highest BCUT2D eigenvalue weighted by atomic mass is 16.7. The normalized spacial score (nSPS) is 32.4. The molecule has 5 N–H and O–H groups in total. The van der Waals surface area contributed by atoms with E-state index >= 15 is 0 Å². The summed E-state index contributed by atoms with van der Waals surface area (Å²) >= 11 is 0. The number of aliphatic hydroxyl groups is 3. The third-order valence-corrected chi connectivity index (χ3v) is 7.92. The van der Waals surface area contributed by atoms with Crippen LogP contribution in [0.3, 0.4) is 0 Å². The van der Waals surface area contributed by atoms with Crippen LogP contribution in [0.4, 0.5) is 0 Å². The molecule has 2 aromatic rings. The minimum absolute atomic E-state index is 0.0426. The molecule has 6 rings (SSSR count). The van der Waals surface area contributed by atoms with Crippen molar-refractivity contribution in [2.24, 2.45) is 5.92 Å². The maximum Gasteiger partial charge on any atom is 0.335 e. The van der Waals surface area contributed by atoms with Gasteiger partial charge in [-0.25, -0.2) is 4.79 Å². The van der Waals surface area contributed by atoms with Gasteiger partial charge in [0.15, 0.2) is 11.9 Å². The average molecular weight is 527 g/mol. The van der Waals surface area contributed by atoms with E-state index in [1.807, 2.05) is 0 Å². The van der Waals surface area contributed by atoms with Gasteiger partial charge in [-0.15, -0.1) is 0 Å². The molecule has 0 spiro atoms. The molecule has 0 unspecified atom stereocenters. The van der Waals surface area contributed by atoms with Crippen molar-refractivity contribution in [1.82, 2.24) is 0 Å². The first-order valence-corrected chi connectivity index (χ1v) is 12.6. The molecule has 2 fully saturated rings. The Morgan fingerprint density at radius 2 is 1.84 bits per heavy atom. The van der Waals surface area contributed by atoms with E-state index in [0.29, 0.717) is 43.6 Å². The van der Waals surface area contributed by atoms with Crippen molar-refractivity contribution < 1.29 is 49.3 Å². The zero-order chi connectivity index (χ0) is 27.4. The minimum atomic E-state index is -1.68. The summed E-state index contributed by atoms with van der Waals surface area (Å²) in [7, 11) is 0. The van der Waals surface area contributed by atoms with E-state index < -0.39 is 53.8 Å². The maximum absolute atomic E-state index is 12.2. The van der Waals surface area contributed by atoms with Gasteiger partial charge in [0.25, 0.3) is 0 Å². The number of fused-ring (bicyclic) bond motifs is 5. The Hall–Kier alpha value is -3.36. The number of Topliss-reactive ketones (excluding diaryl/α,β-unsaturated/α-hetero) is 1. The van der Waals surface area contributed by atoms with Crippen LogP contribution in [0.5, 0.6) is 11.5 Å². The number of carboxylic acid groups (broad SMARTS) is 1. The van der Waals surface area contributed by atoms with Crippen LogP contribution in [0.2, 0.25) is 0 Å². The molecule has 0 amide bonds. The smallest absolute Gasteiger partial charge is 0.335 e. The molecule has 4 aliphatic rings. The molecular formula is C28H30O10. The van der Waals surface area contributed by atoms with Crippen LogP contribution in [-0.2, 0) is 9.47 Å². The van der Waals surface area contributed by atoms with Gasteiger partial charge >= 0.3 is 5.97 Å². The summed E-state index contributed by atoms with van der Waals surface area (Å²) in [5.74, 6) is 0.990. The molecule has 0 radical (unpaired) electrons. The second-order valence-corrected chi connectivity index (χ2v) is 10.5. The van der Waals surface area contributed by atoms with E-state index in [9.17, 15) is 35.1 Å². The number of phenolic OH excluding ortho intramolecular Hbond substituents is 1. The fraction of sp³-hybridized carbons (Fsp3) is 0.500. The second-order valence-electron chi connectivity index (χ2n) is 10.5. The number of hydrogen-bond donors (Lipinski definition) is 5. The van der Waals surface area contributed by atoms with Gasteiger partial charge in [0.2, 0.25) is 6.29 Å². The highest BCUT2D eigenvalue weighted by Crippen LogP contribution is 2.44. The Morgan fingerprint density at radius 3 is 2.50 bits per heavy atom. The summed E-state index contributed by atoms with van der Waals surface area (Å²) in [6.07, 6.45) is -1.77. The number of carboxylic acids is 1. The first kappa shape index (κ1) is 26.3. The fourth-order valence-electron chi connectivity index (χ4n) is 5.87. The molecule has 202 valence electrons. The van der Waals surface area contributed by atoms with E-state index in [1.54, 1.807) is 13.0 Å². The number of hydrogen-bond acceptors (Lipinski definition) is 9. The number of aryl methyl sites for hydroxylation is 1. The van der Waals surface area contributed by atoms with E-state index in [1.165, 1.54) is 13.0 Å². The number of aromatic carboxylic acids is 1. The molecule has 10 nitrogen and oxygen atoms in total. The van der Waals surface area contributed by atoms with Gasteiger partial charge in [0.1, 0.15) is 35.9 Å². The number of rotatable bonds is 4. The number of aromatic hydroxyl groups is 1. The van der Waals surface area contributed by atoms with Crippen LogP contribution in [0, 0.1) is 24.9 Å². The monoisotopic (exact) mass is 526 g/mol. The average Bonchev–Trinajstić information content (AvgIpc) is 2.86. The van der Waals surface area contributed by atoms with Crippen molar-refractivity contribution in [2.75, 3.05) is 0 Å². The Labute approximate surface area is 218 Å². The van der Waals surface area contributed by atoms with Gasteiger partial charge in [-0.05, 0) is 68.5 Å². The number of ketones is 1. The van der Waals surface area contributed by atoms with Crippen LogP contribution < -0.4 is 4.74 Å². The molecule has 38 heavy (non-hydrogen) atoms. The number of carbonyl (C=O) groups excluding carboxylic acids is 1. The molecule has 3 aliphatic heterocycles. The summed E-state index contributed by atoms with van der Waals surface area (Å²) in [4.78, 5) is 24.1. The molecular weight excluding hydrogens is 496 g/mol. The standard InChI is InChI=1S/C28H30O10/c1-13-10-16-11-17(26(33)34)12-18(20(16)21(30)19(13)14(2)29)37-27-23(32)22(31)24-25(38-27)28(35)7-5-15(6-8-28)4-3-9-36-24/h10-12,15,22-25,27,30-32,35H,4-8H2,1-2H3,(H,33,34)/t15?,22-,23-,24-,25+,27+,28?/m1/s1. The first-order chi connectivity index (χ1) is 18.0. The molecule has 2 aromatic carbocycles. The SMILES string of the molecule is CC(=O)c1c(C)cc2cc(C(=O)O)cc(O[C@H]3O[C@H]4[C@H](OC#CCC5CCC4(O)CC5)[C@H](O)[C@H]3O)c2c1O. The predicted molar refractivity (Wildman–Crippen MR) is 133 cm³/mol. The Kier molecular flexibility index (Phi) is 6.73. The summed E-state index contributed by atoms with van der Waals surface area (Å²) in [6, 6.07) is 4.04. The topological polar surface area (TPSA) is 163 Å². The van der Waals surface area contributed by atoms with Gasteiger partial charge in [-0.1, -0.05) is 12.0 Å². The van der Waals surface area contributed by atoms with E-state index in [-0.39, 0.29) is 27.6 Å². The Morgan fingerprint density at radius 1 is 1.13 bits per heavy atom. The van der Waals surface area contributed by atoms with Crippen LogP contribution in [0.15, 0.2) is 18.2 Å². The number of benzene rings is 2. The van der Waals surface area contributed by atoms with Crippen molar-refractivity contribution in [1.29, 1.82) is 0 Å². The van der Waals surface area contributed by atoms with Crippen molar-refractivity contribution >= 4 is 22.5 Å². The summed E-state index contributed by atoms with van der Waals surface area (Å²) in [6.45, 7) is 2.91. The third kappa shape index (κ3) is 4.46. The Balaban J connectivity index is 1.58. The van der Waals surface area contributed by atoms with Crippen LogP contribution in [0.1, 0.15) is 65.3 Å². The van der Waals surface area contributed by atoms with Gasteiger partial charge in [-0.3, -0.25) is 4.79 Å². The highest BCUT2D eigenvalue weighted by molar-refractivity contribution is 6.08. The largest absolute Gasteiger partial charge is 0.506 e. The molecule has 5 atom stereocenters. The lowest BCUT2D eigenvalue weighted by Crippen LogP contribution is -2.66. The molecule has 10 heteroatoms. The third-order valence-electron chi connectivity index (χ3n) is 7.92. The first-order valence-electron chi connectivity index (χ1n) is 12.6. The summed E-state index contributed by atoms with van der Waals surface area (Å²) in [5.41, 5.74) is -1.06. The van der Waals surface area contributed by atoms with Crippen molar-refractivity contribution in [3.63, 3.8) is 0 Å². The number of ether oxygens (including phenoxy) is 3. The van der Waals surface area contributed by atoms with Gasteiger partial charge in [0.05, 0.1) is 22.1 Å². The van der Waals surface area contributed by atoms with Gasteiger partial charge in [-0.2, -0.15) is 0 Å². The number of aliphatic hydroxyl groups excluding tert-OH is 2. The summed E-state index contributed by atoms with van der Waals surface area (Å²) < 4.78 is 17.6. The zero-order valence-electron chi connectivity index (χ0n) is 21.0. The zero-order valence-corrected chi connectivity index (χ0v) is 21.0. The molecule has 1 saturated carbocycles. The van der Waals surface area contributed by atoms with Crippen molar-refractivity contribution in [3.8, 4) is 23.5 Å². The second kappa shape index (κ2) is 9.75. The van der Waals surface area contributed by atoms with Crippen LogP contribution >= 0.6 is 0 Å². The van der Waals surface area contributed by atoms with E-state index in [4.69, 9.17) is 14.2 Å². The van der Waals surface area contributed by atoms with E-state index in [0.717, 1.165) is 6.07 Å². The van der Waals surface area contributed by atoms with Crippen LogP contribution in [-0.4, -0.2) is 73.6 Å². The van der Waals surface area contributed by atoms with Gasteiger partial charge in [0, 0.05) is 6.42 Å². The van der Waals surface area contributed by atoms with E-state index in [2.05, 4.69) is 12.0 Å². The Bertz CT molecular complexity index is 1350. The molecule has 2 bridgehead atoms. The molecule has 1 aliphatic carbocycles. The minimum Gasteiger partial charge on any atom is -0.506 e. The molecule has 1 saturated heterocycles. The summed E-state index contributed by atoms with van der Waals surface area (Å²) in [5, 5.41) is 54.5. The van der Waals surface area contributed by atoms with Crippen molar-refractivity contribution in [3.05, 3.63) is 34.9 Å². The van der Waals surface area contributed by atoms with Gasteiger partial charge < -0.3 is 39.7 Å². The fourth-order valence-corrected chi connectivity index (χ4v) is 5.87. The quantitative estimate of drug-likeness (QED) is 0.295. The predicted octanol–water partition coefficient (Wildman–Crippen LogP) is 2.25. The lowest BCUT2D eigenvalue weighted by atomic mass is 9.72. The van der Waals surface area contributed by atoms with Crippen molar-refractivity contribution in [2.45, 2.75) is 82.3 Å². The number of carbonyl (C=O) groups is 2.